The van der Waals surface area contributed by atoms with Crippen LogP contribution < -0.4 is 10.2 Å². The molecule has 0 radical (unpaired) electrons. The first-order valence-corrected chi connectivity index (χ1v) is 8.60. The summed E-state index contributed by atoms with van der Waals surface area (Å²) in [6.07, 6.45) is 5.31. The molecule has 2 amide bonds. The standard InChI is InChI=1S/C19H24N2O3/c1-12-8-10-14(11-9-12)21-16(13-6-4-3-5-7-13)15(18(23)20-2)17(22)19(21)24/h8-11,13,16,22H,3-7H2,1-2H3,(H,20,23). The number of carbonyl (C=O) groups excluding carboxylic acids is 2. The maximum atomic E-state index is 12.7. The molecule has 1 atom stereocenters. The molecule has 1 aromatic carbocycles. The number of nitrogens with zero attached hydrogens (tertiary/aromatic N) is 1. The van der Waals surface area contributed by atoms with Crippen molar-refractivity contribution in [3.63, 3.8) is 0 Å². The molecule has 24 heavy (non-hydrogen) atoms. The SMILES string of the molecule is CNC(=O)C1=C(O)C(=O)N(c2ccc(C)cc2)C1C1CCCCC1. The summed E-state index contributed by atoms with van der Waals surface area (Å²) in [5, 5.41) is 12.9. The topological polar surface area (TPSA) is 69.6 Å². The average Bonchev–Trinajstić information content (AvgIpc) is 2.87. The molecule has 2 N–H and O–H groups in total. The Balaban J connectivity index is 2.04. The number of aryl methyl sites for hydroxylation is 1. The fraction of sp³-hybridized carbons (Fsp3) is 0.474. The smallest absolute Gasteiger partial charge is 0.294 e. The number of carbonyl (C=O) groups is 2. The van der Waals surface area contributed by atoms with Crippen molar-refractivity contribution in [1.82, 2.24) is 5.32 Å². The molecule has 2 aliphatic rings. The predicted molar refractivity (Wildman–Crippen MR) is 92.7 cm³/mol. The quantitative estimate of drug-likeness (QED) is 0.896. The van der Waals surface area contributed by atoms with Gasteiger partial charge in [0.1, 0.15) is 0 Å². The molecule has 1 fully saturated rings. The number of aliphatic hydroxyl groups excluding tert-OH is 1. The van der Waals surface area contributed by atoms with E-state index < -0.39 is 11.7 Å². The third-order valence-electron chi connectivity index (χ3n) is 5.13. The minimum absolute atomic E-state index is 0.195. The van der Waals surface area contributed by atoms with Crippen molar-refractivity contribution in [3.05, 3.63) is 41.2 Å². The van der Waals surface area contributed by atoms with E-state index in [1.165, 1.54) is 13.5 Å². The number of likely N-dealkylation sites (N-methyl/N-ethyl adjacent to an activating group) is 1. The predicted octanol–water partition coefficient (Wildman–Crippen LogP) is 2.85. The van der Waals surface area contributed by atoms with Gasteiger partial charge in [0.25, 0.3) is 11.8 Å². The largest absolute Gasteiger partial charge is 0.503 e. The number of benzene rings is 1. The van der Waals surface area contributed by atoms with E-state index >= 15 is 0 Å². The van der Waals surface area contributed by atoms with Gasteiger partial charge in [-0.25, -0.2) is 0 Å². The zero-order valence-corrected chi connectivity index (χ0v) is 14.2. The van der Waals surface area contributed by atoms with Crippen molar-refractivity contribution in [2.24, 2.45) is 5.92 Å². The van der Waals surface area contributed by atoms with Crippen molar-refractivity contribution in [2.45, 2.75) is 45.1 Å². The van der Waals surface area contributed by atoms with E-state index in [4.69, 9.17) is 0 Å². The van der Waals surface area contributed by atoms with Crippen LogP contribution in [0.3, 0.4) is 0 Å². The summed E-state index contributed by atoms with van der Waals surface area (Å²) in [6, 6.07) is 7.25. The van der Waals surface area contributed by atoms with E-state index in [1.807, 2.05) is 31.2 Å². The fourth-order valence-corrected chi connectivity index (χ4v) is 3.88. The van der Waals surface area contributed by atoms with E-state index in [0.29, 0.717) is 0 Å². The van der Waals surface area contributed by atoms with Gasteiger partial charge in [0.15, 0.2) is 5.76 Å². The van der Waals surface area contributed by atoms with Crippen molar-refractivity contribution in [3.8, 4) is 0 Å². The summed E-state index contributed by atoms with van der Waals surface area (Å²) in [7, 11) is 1.53. The molecule has 0 spiro atoms. The molecule has 1 saturated carbocycles. The van der Waals surface area contributed by atoms with Crippen molar-refractivity contribution < 1.29 is 14.7 Å². The highest BCUT2D eigenvalue weighted by Crippen LogP contribution is 2.40. The van der Waals surface area contributed by atoms with E-state index in [2.05, 4.69) is 5.32 Å². The molecule has 0 bridgehead atoms. The summed E-state index contributed by atoms with van der Waals surface area (Å²) in [5.41, 5.74) is 2.05. The first-order chi connectivity index (χ1) is 11.5. The number of hydrogen-bond donors (Lipinski definition) is 2. The monoisotopic (exact) mass is 328 g/mol. The number of nitrogens with one attached hydrogen (secondary N) is 1. The van der Waals surface area contributed by atoms with Gasteiger partial charge in [-0.1, -0.05) is 37.0 Å². The van der Waals surface area contributed by atoms with Crippen LogP contribution in [0.25, 0.3) is 0 Å². The van der Waals surface area contributed by atoms with Crippen molar-refractivity contribution in [2.75, 3.05) is 11.9 Å². The summed E-state index contributed by atoms with van der Waals surface area (Å²) in [5.74, 6) is -1.06. The normalized spacial score (nSPS) is 22.2. The Kier molecular flexibility index (Phi) is 4.60. The molecule has 0 saturated heterocycles. The Morgan fingerprint density at radius 3 is 2.38 bits per heavy atom. The maximum Gasteiger partial charge on any atom is 0.294 e. The van der Waals surface area contributed by atoms with Crippen LogP contribution in [0.2, 0.25) is 0 Å². The first kappa shape index (κ1) is 16.6. The third-order valence-corrected chi connectivity index (χ3v) is 5.13. The first-order valence-electron chi connectivity index (χ1n) is 8.60. The molecule has 5 heteroatoms. The van der Waals surface area contributed by atoms with Gasteiger partial charge >= 0.3 is 0 Å². The lowest BCUT2D eigenvalue weighted by Gasteiger charge is -2.35. The molecule has 1 unspecified atom stereocenters. The lowest BCUT2D eigenvalue weighted by atomic mass is 9.80. The highest BCUT2D eigenvalue weighted by molar-refractivity contribution is 6.15. The summed E-state index contributed by atoms with van der Waals surface area (Å²) >= 11 is 0. The fourth-order valence-electron chi connectivity index (χ4n) is 3.88. The van der Waals surface area contributed by atoms with Gasteiger partial charge in [0, 0.05) is 12.7 Å². The van der Waals surface area contributed by atoms with Gasteiger partial charge in [-0.2, -0.15) is 0 Å². The number of amides is 2. The summed E-state index contributed by atoms with van der Waals surface area (Å²) in [6.45, 7) is 1.99. The second kappa shape index (κ2) is 6.67. The molecule has 1 aromatic rings. The lowest BCUT2D eigenvalue weighted by molar-refractivity contribution is -0.118. The average molecular weight is 328 g/mol. The zero-order valence-electron chi connectivity index (χ0n) is 14.2. The molecule has 1 aliphatic carbocycles. The molecule has 5 nitrogen and oxygen atoms in total. The van der Waals surface area contributed by atoms with Gasteiger partial charge in [-0.15, -0.1) is 0 Å². The number of anilines is 1. The molecular formula is C19H24N2O3. The van der Waals surface area contributed by atoms with Crippen LogP contribution in [0.1, 0.15) is 37.7 Å². The van der Waals surface area contributed by atoms with Gasteiger partial charge in [0.05, 0.1) is 11.6 Å². The van der Waals surface area contributed by atoms with Crippen molar-refractivity contribution >= 4 is 17.5 Å². The highest BCUT2D eigenvalue weighted by Gasteiger charge is 2.46. The minimum atomic E-state index is -0.479. The van der Waals surface area contributed by atoms with Crippen LogP contribution in [0, 0.1) is 12.8 Å². The Morgan fingerprint density at radius 2 is 1.79 bits per heavy atom. The number of hydrogen-bond acceptors (Lipinski definition) is 3. The molecule has 3 rings (SSSR count). The molecule has 0 aromatic heterocycles. The van der Waals surface area contributed by atoms with Crippen LogP contribution in [0.4, 0.5) is 5.69 Å². The summed E-state index contributed by atoms with van der Waals surface area (Å²) < 4.78 is 0. The van der Waals surface area contributed by atoms with E-state index in [-0.39, 0.29) is 23.4 Å². The second-order valence-corrected chi connectivity index (χ2v) is 6.70. The molecular weight excluding hydrogens is 304 g/mol. The van der Waals surface area contributed by atoms with E-state index in [1.54, 1.807) is 4.90 Å². The Labute approximate surface area is 142 Å². The van der Waals surface area contributed by atoms with E-state index in [0.717, 1.165) is 36.9 Å². The lowest BCUT2D eigenvalue weighted by Crippen LogP contribution is -2.44. The van der Waals surface area contributed by atoms with Crippen LogP contribution >= 0.6 is 0 Å². The third kappa shape index (κ3) is 2.79. The maximum absolute atomic E-state index is 12.7. The molecule has 1 aliphatic heterocycles. The van der Waals surface area contributed by atoms with Gasteiger partial charge in [-0.3, -0.25) is 14.5 Å². The van der Waals surface area contributed by atoms with E-state index in [9.17, 15) is 14.7 Å². The zero-order chi connectivity index (χ0) is 17.3. The van der Waals surface area contributed by atoms with Gasteiger partial charge in [-0.05, 0) is 37.8 Å². The second-order valence-electron chi connectivity index (χ2n) is 6.70. The minimum Gasteiger partial charge on any atom is -0.503 e. The number of aliphatic hydroxyl groups is 1. The molecule has 128 valence electrons. The van der Waals surface area contributed by atoms with Crippen LogP contribution in [0.15, 0.2) is 35.6 Å². The Hall–Kier alpha value is -2.30. The van der Waals surface area contributed by atoms with Crippen LogP contribution in [-0.2, 0) is 9.59 Å². The Bertz CT molecular complexity index is 672. The molecule has 1 heterocycles. The Morgan fingerprint density at radius 1 is 1.17 bits per heavy atom. The summed E-state index contributed by atoms with van der Waals surface area (Å²) in [4.78, 5) is 26.7. The highest BCUT2D eigenvalue weighted by atomic mass is 16.3. The number of rotatable bonds is 3. The van der Waals surface area contributed by atoms with Gasteiger partial charge < -0.3 is 10.4 Å². The van der Waals surface area contributed by atoms with Crippen LogP contribution in [-0.4, -0.2) is 30.0 Å². The van der Waals surface area contributed by atoms with Gasteiger partial charge in [0.2, 0.25) is 0 Å². The van der Waals surface area contributed by atoms with Crippen LogP contribution in [0.5, 0.6) is 0 Å². The van der Waals surface area contributed by atoms with Crippen molar-refractivity contribution in [1.29, 1.82) is 0 Å².